The SMILES string of the molecule is Cc1ccc2c(c1)C1C(c3ccc[c-]c3C1[Si](C)(CCCCCCOC(C)(C)C)C1c3ccccc3-c3ccccc31)N2C.[Cl-].[Cl-].[Zr+3]. The van der Waals surface area contributed by atoms with E-state index in [4.69, 9.17) is 4.74 Å². The topological polar surface area (TPSA) is 12.5 Å². The molecule has 4 unspecified atom stereocenters. The van der Waals surface area contributed by atoms with Crippen LogP contribution < -0.4 is 29.7 Å². The Morgan fingerprint density at radius 1 is 0.787 bits per heavy atom. The maximum Gasteiger partial charge on any atom is 3.00 e. The van der Waals surface area contributed by atoms with Crippen LogP contribution in [0.5, 0.6) is 0 Å². The summed E-state index contributed by atoms with van der Waals surface area (Å²) < 4.78 is 6.06. The summed E-state index contributed by atoms with van der Waals surface area (Å²) in [6.45, 7) is 12.4. The molecule has 245 valence electrons. The largest absolute Gasteiger partial charge is 3.00 e. The number of ether oxygens (including phenoxy) is 1. The van der Waals surface area contributed by atoms with Gasteiger partial charge in [-0.1, -0.05) is 98.1 Å². The second kappa shape index (κ2) is 15.1. The van der Waals surface area contributed by atoms with Crippen LogP contribution in [0, 0.1) is 13.0 Å². The molecule has 1 heterocycles. The molecule has 4 aromatic rings. The first-order valence-corrected chi connectivity index (χ1v) is 19.7. The minimum absolute atomic E-state index is 0. The molecular formula is C41H48Cl2NOSiZr. The summed E-state index contributed by atoms with van der Waals surface area (Å²) in [6.07, 6.45) is 4.94. The van der Waals surface area contributed by atoms with E-state index < -0.39 is 8.07 Å². The van der Waals surface area contributed by atoms with Gasteiger partial charge in [0.1, 0.15) is 0 Å². The van der Waals surface area contributed by atoms with E-state index in [1.807, 2.05) is 0 Å². The van der Waals surface area contributed by atoms with Gasteiger partial charge < -0.3 is 34.5 Å². The van der Waals surface area contributed by atoms with Gasteiger partial charge in [-0.2, -0.15) is 29.8 Å². The van der Waals surface area contributed by atoms with Crippen LogP contribution in [0.2, 0.25) is 12.6 Å². The summed E-state index contributed by atoms with van der Waals surface area (Å²) in [6, 6.07) is 38.3. The first-order valence-electron chi connectivity index (χ1n) is 16.8. The number of aryl methyl sites for hydroxylation is 1. The molecule has 4 aromatic carbocycles. The maximum absolute atomic E-state index is 6.06. The van der Waals surface area contributed by atoms with Crippen LogP contribution in [0.3, 0.4) is 0 Å². The van der Waals surface area contributed by atoms with Crippen molar-refractivity contribution in [3.05, 3.63) is 124 Å². The third kappa shape index (κ3) is 6.77. The van der Waals surface area contributed by atoms with Crippen molar-refractivity contribution in [1.82, 2.24) is 0 Å². The van der Waals surface area contributed by atoms with E-state index in [1.54, 1.807) is 16.7 Å². The summed E-state index contributed by atoms with van der Waals surface area (Å²) in [5.41, 5.74) is 14.3. The summed E-state index contributed by atoms with van der Waals surface area (Å²) in [7, 11) is 0.204. The van der Waals surface area contributed by atoms with Crippen LogP contribution in [0.25, 0.3) is 11.1 Å². The summed E-state index contributed by atoms with van der Waals surface area (Å²) in [5, 5.41) is 0. The molecule has 0 bridgehead atoms. The number of benzene rings is 4. The fourth-order valence-corrected chi connectivity index (χ4v) is 15.2. The molecule has 6 heteroatoms. The van der Waals surface area contributed by atoms with Gasteiger partial charge in [0.2, 0.25) is 0 Å². The molecular weight excluding hydrogens is 713 g/mol. The Labute approximate surface area is 316 Å². The molecule has 1 radical (unpaired) electrons. The molecule has 7 rings (SSSR count). The molecule has 47 heavy (non-hydrogen) atoms. The van der Waals surface area contributed by atoms with Crippen molar-refractivity contribution in [1.29, 1.82) is 0 Å². The normalized spacial score (nSPS) is 20.0. The van der Waals surface area contributed by atoms with Gasteiger partial charge in [-0.15, -0.1) is 5.56 Å². The van der Waals surface area contributed by atoms with E-state index >= 15 is 0 Å². The van der Waals surface area contributed by atoms with Crippen molar-refractivity contribution in [2.24, 2.45) is 0 Å². The van der Waals surface area contributed by atoms with Crippen LogP contribution in [0.15, 0.2) is 84.9 Å². The summed E-state index contributed by atoms with van der Waals surface area (Å²) in [4.78, 5) is 2.59. The van der Waals surface area contributed by atoms with Gasteiger partial charge in [0.05, 0.1) is 13.7 Å². The molecule has 0 saturated carbocycles. The molecule has 0 N–H and O–H groups in total. The van der Waals surface area contributed by atoms with E-state index in [2.05, 4.69) is 137 Å². The zero-order valence-corrected chi connectivity index (χ0v) is 33.7. The van der Waals surface area contributed by atoms with Crippen molar-refractivity contribution in [2.45, 2.75) is 94.6 Å². The number of rotatable bonds is 9. The zero-order chi connectivity index (χ0) is 30.6. The molecule has 3 aliphatic rings. The predicted molar refractivity (Wildman–Crippen MR) is 187 cm³/mol. The number of anilines is 1. The average molecular weight is 761 g/mol. The van der Waals surface area contributed by atoms with Gasteiger partial charge in [-0.05, 0) is 73.5 Å². The molecule has 2 aliphatic carbocycles. The summed E-state index contributed by atoms with van der Waals surface area (Å²) in [5.74, 6) is 0.473. The summed E-state index contributed by atoms with van der Waals surface area (Å²) >= 11 is 0. The first-order chi connectivity index (χ1) is 21.2. The van der Waals surface area contributed by atoms with Gasteiger partial charge in [-0.3, -0.25) is 0 Å². The number of halogens is 2. The fraction of sp³-hybridized carbons (Fsp3) is 0.415. The smallest absolute Gasteiger partial charge is 1.00 e. The van der Waals surface area contributed by atoms with Crippen molar-refractivity contribution in [2.75, 3.05) is 18.6 Å². The number of fused-ring (bicyclic) bond motifs is 8. The van der Waals surface area contributed by atoms with Crippen molar-refractivity contribution >= 4 is 13.8 Å². The second-order valence-corrected chi connectivity index (χ2v) is 19.6. The van der Waals surface area contributed by atoms with Gasteiger partial charge >= 0.3 is 26.2 Å². The number of hydrogen-bond acceptors (Lipinski definition) is 2. The van der Waals surface area contributed by atoms with E-state index in [-0.39, 0.29) is 56.6 Å². The second-order valence-electron chi connectivity index (χ2n) is 14.9. The van der Waals surface area contributed by atoms with Gasteiger partial charge in [0.15, 0.2) is 0 Å². The number of unbranched alkanes of at least 4 members (excludes halogenated alkanes) is 3. The number of likely N-dealkylation sites (N-methyl/N-ethyl adjacent to an activating group) is 1. The van der Waals surface area contributed by atoms with Crippen molar-refractivity contribution in [3.8, 4) is 11.1 Å². The van der Waals surface area contributed by atoms with E-state index in [0.717, 1.165) is 13.0 Å². The van der Waals surface area contributed by atoms with Crippen LogP contribution in [-0.4, -0.2) is 27.3 Å². The van der Waals surface area contributed by atoms with Gasteiger partial charge in [-0.25, -0.2) is 0 Å². The first kappa shape index (κ1) is 38.1. The number of hydrogen-bond donors (Lipinski definition) is 0. The molecule has 1 aliphatic heterocycles. The third-order valence-electron chi connectivity index (χ3n) is 10.9. The third-order valence-corrected chi connectivity index (χ3v) is 16.4. The molecule has 0 spiro atoms. The quantitative estimate of drug-likeness (QED) is 0.142. The van der Waals surface area contributed by atoms with E-state index in [1.165, 1.54) is 58.8 Å². The van der Waals surface area contributed by atoms with Gasteiger partial charge in [0.25, 0.3) is 0 Å². The maximum atomic E-state index is 6.06. The Bertz CT molecular complexity index is 1640. The molecule has 0 amide bonds. The van der Waals surface area contributed by atoms with Crippen molar-refractivity contribution < 1.29 is 55.8 Å². The zero-order valence-electron chi connectivity index (χ0n) is 28.7. The average Bonchev–Trinajstić information content (AvgIpc) is 3.62. The van der Waals surface area contributed by atoms with E-state index in [9.17, 15) is 0 Å². The Morgan fingerprint density at radius 3 is 2.06 bits per heavy atom. The standard InChI is InChI=1S/C41H48NOSi.2ClH.Zr/c1-28-23-24-36-35(27-28)37-38(42(36)5)31-19-11-14-22-34(31)40(37)44(6,26-16-8-7-15-25-43-41(2,3)4)39-32-20-12-9-17-29(32)30-18-10-13-21-33(30)39;;;/h9-14,17-21,23-24,27,37-40H,7-8,15-16,25-26H2,1-6H3;2*1H;/q-1;;;+3/p-2. The van der Waals surface area contributed by atoms with Crippen LogP contribution in [0.4, 0.5) is 5.69 Å². The minimum atomic E-state index is -2.13. The monoisotopic (exact) mass is 758 g/mol. The molecule has 4 atom stereocenters. The van der Waals surface area contributed by atoms with Crippen LogP contribution in [0.1, 0.15) is 103 Å². The molecule has 0 aromatic heterocycles. The molecule has 0 saturated heterocycles. The predicted octanol–water partition coefficient (Wildman–Crippen LogP) is 4.52. The number of nitrogens with zero attached hydrogens (tertiary/aromatic N) is 1. The minimum Gasteiger partial charge on any atom is -1.00 e. The van der Waals surface area contributed by atoms with E-state index in [0.29, 0.717) is 23.0 Å². The molecule has 0 fully saturated rings. The van der Waals surface area contributed by atoms with Crippen LogP contribution >= 0.6 is 0 Å². The fourth-order valence-electron chi connectivity index (χ4n) is 9.18. The Balaban J connectivity index is 0.00000167. The molecule has 2 nitrogen and oxygen atoms in total. The van der Waals surface area contributed by atoms with Gasteiger partial charge in [0, 0.05) is 36.8 Å². The Morgan fingerprint density at radius 2 is 1.40 bits per heavy atom. The van der Waals surface area contributed by atoms with Crippen molar-refractivity contribution in [3.63, 3.8) is 0 Å². The Kier molecular flexibility index (Phi) is 12.2. The Hall–Kier alpha value is -1.68. The van der Waals surface area contributed by atoms with Crippen LogP contribution in [-0.2, 0) is 30.9 Å².